The van der Waals surface area contributed by atoms with Gasteiger partial charge in [0.2, 0.25) is 0 Å². The second-order valence-electron chi connectivity index (χ2n) is 7.22. The van der Waals surface area contributed by atoms with Crippen molar-refractivity contribution in [1.82, 2.24) is 10.4 Å². The van der Waals surface area contributed by atoms with E-state index in [-0.39, 0.29) is 10.8 Å². The van der Waals surface area contributed by atoms with E-state index in [1.807, 2.05) is 0 Å². The van der Waals surface area contributed by atoms with E-state index in [1.165, 1.54) is 31.5 Å². The lowest BCUT2D eigenvalue weighted by Gasteiger charge is -2.14. The molecule has 2 amide bonds. The molecule has 4 aromatic rings. The van der Waals surface area contributed by atoms with E-state index in [1.54, 1.807) is 42.6 Å². The number of nitrogens with zero attached hydrogens (tertiary/aromatic N) is 2. The van der Waals surface area contributed by atoms with E-state index in [0.717, 1.165) is 0 Å². The first-order chi connectivity index (χ1) is 16.8. The van der Waals surface area contributed by atoms with Crippen LogP contribution in [-0.4, -0.2) is 29.4 Å². The maximum Gasteiger partial charge on any atom is 0.339 e. The van der Waals surface area contributed by atoms with E-state index < -0.39 is 11.8 Å². The fraction of sp³-hybridized carbons (Fsp3) is 0.0417. The molecule has 0 saturated heterocycles. The Hall–Kier alpha value is -3.89. The Bertz CT molecular complexity index is 1450. The van der Waals surface area contributed by atoms with Crippen molar-refractivity contribution >= 4 is 67.7 Å². The zero-order chi connectivity index (χ0) is 24.9. The number of amides is 2. The van der Waals surface area contributed by atoms with Gasteiger partial charge in [0, 0.05) is 29.0 Å². The fourth-order valence-corrected chi connectivity index (χ4v) is 3.77. The summed E-state index contributed by atoms with van der Waals surface area (Å²) in [7, 11) is 1.48. The van der Waals surface area contributed by atoms with Crippen molar-refractivity contribution in [1.29, 1.82) is 0 Å². The Labute approximate surface area is 212 Å². The molecule has 0 fully saturated rings. The van der Waals surface area contributed by atoms with Crippen molar-refractivity contribution in [2.45, 2.75) is 0 Å². The molecule has 0 aliphatic heterocycles. The highest BCUT2D eigenvalue weighted by Gasteiger charge is 2.13. The summed E-state index contributed by atoms with van der Waals surface area (Å²) in [5, 5.41) is 20.0. The van der Waals surface area contributed by atoms with Crippen LogP contribution in [0.1, 0.15) is 5.56 Å². The fourth-order valence-electron chi connectivity index (χ4n) is 3.20. The second kappa shape index (κ2) is 10.6. The molecule has 0 radical (unpaired) electrons. The monoisotopic (exact) mass is 557 g/mol. The third kappa shape index (κ3) is 5.79. The van der Waals surface area contributed by atoms with E-state index in [2.05, 4.69) is 42.1 Å². The topological polar surface area (TPSA) is 108 Å². The van der Waals surface area contributed by atoms with Crippen molar-refractivity contribution in [2.75, 3.05) is 17.7 Å². The number of hydrogen-bond donors (Lipinski definition) is 4. The van der Waals surface area contributed by atoms with Gasteiger partial charge in [0.15, 0.2) is 0 Å². The molecule has 0 aliphatic rings. The average molecular weight is 559 g/mol. The van der Waals surface area contributed by atoms with Crippen LogP contribution in [0.3, 0.4) is 0 Å². The van der Waals surface area contributed by atoms with Crippen LogP contribution in [-0.2, 0) is 0 Å². The van der Waals surface area contributed by atoms with Gasteiger partial charge in [-0.25, -0.2) is 14.6 Å². The minimum atomic E-state index is -0.597. The van der Waals surface area contributed by atoms with E-state index in [9.17, 15) is 14.3 Å². The zero-order valence-corrected chi connectivity index (χ0v) is 20.5. The third-order valence-corrected chi connectivity index (χ3v) is 5.79. The van der Waals surface area contributed by atoms with E-state index in [4.69, 9.17) is 16.3 Å². The number of phenolic OH excluding ortho intramolecular Hbond substituents is 1. The first kappa shape index (κ1) is 24.2. The van der Waals surface area contributed by atoms with Gasteiger partial charge in [-0.15, -0.1) is 0 Å². The van der Waals surface area contributed by atoms with E-state index in [0.29, 0.717) is 43.8 Å². The number of carbonyl (C=O) groups excluding carboxylic acids is 1. The predicted molar refractivity (Wildman–Crippen MR) is 139 cm³/mol. The van der Waals surface area contributed by atoms with Crippen molar-refractivity contribution < 1.29 is 19.0 Å². The summed E-state index contributed by atoms with van der Waals surface area (Å²) in [6.45, 7) is 0. The number of anilines is 3. The molecule has 0 spiro atoms. The van der Waals surface area contributed by atoms with Crippen molar-refractivity contribution in [3.63, 3.8) is 0 Å². The van der Waals surface area contributed by atoms with E-state index >= 15 is 0 Å². The standard InChI is InChI=1S/C24H18BrClFN5O3/c1-35-23-11-20-15(19(6-7-28-20)30-14-3-4-18(27)17(26)9-14)10-21(23)31-24(34)32-29-12-13-2-5-22(33)16(25)8-13/h2-12,33H,1H3,(H,28,30)(H2,31,32,34)/b29-12+. The minimum Gasteiger partial charge on any atom is -0.507 e. The summed E-state index contributed by atoms with van der Waals surface area (Å²) in [6.07, 6.45) is 3.05. The maximum absolute atomic E-state index is 13.5. The molecule has 11 heteroatoms. The van der Waals surface area contributed by atoms with Gasteiger partial charge in [-0.05, 0) is 70.0 Å². The number of hydrazone groups is 1. The maximum atomic E-state index is 13.5. The van der Waals surface area contributed by atoms with Gasteiger partial charge in [0.05, 0.1) is 34.0 Å². The van der Waals surface area contributed by atoms with Crippen LogP contribution in [0.4, 0.5) is 26.2 Å². The molecule has 0 saturated carbocycles. The highest BCUT2D eigenvalue weighted by atomic mass is 79.9. The van der Waals surface area contributed by atoms with Gasteiger partial charge in [0.25, 0.3) is 0 Å². The highest BCUT2D eigenvalue weighted by molar-refractivity contribution is 9.10. The van der Waals surface area contributed by atoms with Gasteiger partial charge < -0.3 is 20.5 Å². The Morgan fingerprint density at radius 3 is 2.74 bits per heavy atom. The predicted octanol–water partition coefficient (Wildman–Crippen LogP) is 6.40. The van der Waals surface area contributed by atoms with Crippen molar-refractivity contribution in [2.24, 2.45) is 5.10 Å². The number of aromatic nitrogens is 1. The van der Waals surface area contributed by atoms with Gasteiger partial charge in [-0.1, -0.05) is 11.6 Å². The smallest absolute Gasteiger partial charge is 0.339 e. The lowest BCUT2D eigenvalue weighted by molar-refractivity contribution is 0.252. The molecule has 3 aromatic carbocycles. The molecule has 1 heterocycles. The van der Waals surface area contributed by atoms with Crippen LogP contribution in [0.25, 0.3) is 10.9 Å². The van der Waals surface area contributed by atoms with Crippen LogP contribution < -0.4 is 20.8 Å². The van der Waals surface area contributed by atoms with Crippen LogP contribution in [0.5, 0.6) is 11.5 Å². The van der Waals surface area contributed by atoms with Crippen LogP contribution in [0.2, 0.25) is 5.02 Å². The summed E-state index contributed by atoms with van der Waals surface area (Å²) in [4.78, 5) is 16.8. The molecule has 4 rings (SSSR count). The number of pyridine rings is 1. The lowest BCUT2D eigenvalue weighted by atomic mass is 10.1. The van der Waals surface area contributed by atoms with Crippen molar-refractivity contribution in [3.8, 4) is 11.5 Å². The van der Waals surface area contributed by atoms with Crippen LogP contribution in [0, 0.1) is 5.82 Å². The van der Waals surface area contributed by atoms with Gasteiger partial charge in [0.1, 0.15) is 17.3 Å². The minimum absolute atomic E-state index is 0.00530. The van der Waals surface area contributed by atoms with Gasteiger partial charge in [-0.2, -0.15) is 5.10 Å². The molecule has 0 bridgehead atoms. The third-order valence-electron chi connectivity index (χ3n) is 4.86. The Morgan fingerprint density at radius 2 is 2.00 bits per heavy atom. The number of hydrogen-bond acceptors (Lipinski definition) is 6. The number of ether oxygens (including phenoxy) is 1. The van der Waals surface area contributed by atoms with Gasteiger partial charge in [-0.3, -0.25) is 4.98 Å². The number of urea groups is 1. The first-order valence-electron chi connectivity index (χ1n) is 10.1. The molecule has 0 aliphatic carbocycles. The number of aromatic hydroxyl groups is 1. The number of fused-ring (bicyclic) bond motifs is 1. The number of phenols is 1. The molecular weight excluding hydrogens is 541 g/mol. The Morgan fingerprint density at radius 1 is 1.17 bits per heavy atom. The SMILES string of the molecule is COc1cc2nccc(Nc3ccc(F)c(Cl)c3)c2cc1NC(=O)N/N=C/c1ccc(O)c(Br)c1. The Balaban J connectivity index is 1.56. The summed E-state index contributed by atoms with van der Waals surface area (Å²) < 4.78 is 19.4. The molecule has 0 unspecified atom stereocenters. The highest BCUT2D eigenvalue weighted by Crippen LogP contribution is 2.34. The number of methoxy groups -OCH3 is 1. The summed E-state index contributed by atoms with van der Waals surface area (Å²) in [5.74, 6) is -0.0181. The van der Waals surface area contributed by atoms with Gasteiger partial charge >= 0.3 is 6.03 Å². The number of benzene rings is 3. The van der Waals surface area contributed by atoms with Crippen LogP contribution in [0.15, 0.2) is 70.4 Å². The molecule has 1 aromatic heterocycles. The number of nitrogens with one attached hydrogen (secondary N) is 3. The summed E-state index contributed by atoms with van der Waals surface area (Å²) in [6, 6.07) is 13.7. The molecule has 4 N–H and O–H groups in total. The zero-order valence-electron chi connectivity index (χ0n) is 18.1. The van der Waals surface area contributed by atoms with Crippen molar-refractivity contribution in [3.05, 3.63) is 81.7 Å². The molecule has 8 nitrogen and oxygen atoms in total. The molecular formula is C24H18BrClFN5O3. The largest absolute Gasteiger partial charge is 0.507 e. The summed E-state index contributed by atoms with van der Waals surface area (Å²) >= 11 is 9.11. The molecule has 0 atom stereocenters. The average Bonchev–Trinajstić information content (AvgIpc) is 2.83. The number of rotatable bonds is 6. The quantitative estimate of drug-likeness (QED) is 0.162. The number of carbonyl (C=O) groups is 1. The molecule has 35 heavy (non-hydrogen) atoms. The summed E-state index contributed by atoms with van der Waals surface area (Å²) in [5.41, 5.74) is 5.30. The van der Waals surface area contributed by atoms with Crippen LogP contribution >= 0.6 is 27.5 Å². The second-order valence-corrected chi connectivity index (χ2v) is 8.48. The number of halogens is 3. The molecule has 178 valence electrons. The Kier molecular flexibility index (Phi) is 7.33. The lowest BCUT2D eigenvalue weighted by Crippen LogP contribution is -2.24. The first-order valence-corrected chi connectivity index (χ1v) is 11.3. The normalized spacial score (nSPS) is 11.0.